The van der Waals surface area contributed by atoms with Crippen LogP contribution in [0, 0.1) is 11.3 Å². The topological polar surface area (TPSA) is 32.6 Å². The molecule has 3 aliphatic rings. The lowest BCUT2D eigenvalue weighted by Gasteiger charge is -2.37. The van der Waals surface area contributed by atoms with Gasteiger partial charge in [-0.1, -0.05) is 0 Å². The molecule has 0 aliphatic heterocycles. The van der Waals surface area contributed by atoms with Crippen LogP contribution in [0.1, 0.15) is 54.2 Å². The first kappa shape index (κ1) is 13.8. The van der Waals surface area contributed by atoms with E-state index in [1.807, 2.05) is 24.3 Å². The van der Waals surface area contributed by atoms with Crippen molar-refractivity contribution in [2.45, 2.75) is 37.5 Å². The fraction of sp³-hybridized carbons (Fsp3) is 0.333. The van der Waals surface area contributed by atoms with E-state index in [1.165, 1.54) is 36.7 Å². The first-order valence-electron chi connectivity index (χ1n) is 8.79. The second-order valence-corrected chi connectivity index (χ2v) is 7.27. The van der Waals surface area contributed by atoms with Crippen molar-refractivity contribution in [2.75, 3.05) is 0 Å². The van der Waals surface area contributed by atoms with E-state index in [0.717, 1.165) is 17.5 Å². The van der Waals surface area contributed by atoms with Gasteiger partial charge >= 0.3 is 0 Å². The van der Waals surface area contributed by atoms with Crippen molar-refractivity contribution in [3.05, 3.63) is 59.4 Å². The van der Waals surface area contributed by atoms with Gasteiger partial charge in [0.25, 0.3) is 0 Å². The van der Waals surface area contributed by atoms with E-state index < -0.39 is 0 Å². The zero-order valence-electron chi connectivity index (χ0n) is 13.9. The lowest BCUT2D eigenvalue weighted by molar-refractivity contribution is -0.645. The van der Waals surface area contributed by atoms with E-state index in [0.29, 0.717) is 5.56 Å². The Morgan fingerprint density at radius 3 is 2.25 bits per heavy atom. The molecule has 1 saturated carbocycles. The highest BCUT2D eigenvalue weighted by Gasteiger charge is 2.34. The summed E-state index contributed by atoms with van der Waals surface area (Å²) in [5.74, 6) is 1.52. The predicted octanol–water partition coefficient (Wildman–Crippen LogP) is 4.08. The van der Waals surface area contributed by atoms with Crippen molar-refractivity contribution >= 4 is 11.0 Å². The molecular weight excluding hydrogens is 294 g/mol. The van der Waals surface area contributed by atoms with Crippen molar-refractivity contribution in [1.82, 2.24) is 4.57 Å². The molecule has 24 heavy (non-hydrogen) atoms. The van der Waals surface area contributed by atoms with Gasteiger partial charge in [-0.15, -0.1) is 0 Å². The number of fused-ring (bicyclic) bond motifs is 3. The largest absolute Gasteiger partial charge is 0.249 e. The molecule has 0 N–H and O–H groups in total. The van der Waals surface area contributed by atoms with Gasteiger partial charge in [-0.3, -0.25) is 0 Å². The van der Waals surface area contributed by atoms with E-state index in [9.17, 15) is 0 Å². The molecule has 3 heteroatoms. The highest BCUT2D eigenvalue weighted by molar-refractivity contribution is 5.77. The molecule has 118 valence electrons. The van der Waals surface area contributed by atoms with Crippen molar-refractivity contribution in [3.63, 3.8) is 0 Å². The fourth-order valence-electron chi connectivity index (χ4n) is 4.71. The van der Waals surface area contributed by atoms with Gasteiger partial charge in [0, 0.05) is 0 Å². The van der Waals surface area contributed by atoms with Crippen LogP contribution in [0.15, 0.2) is 42.7 Å². The van der Waals surface area contributed by atoms with E-state index >= 15 is 0 Å². The highest BCUT2D eigenvalue weighted by Crippen LogP contribution is 2.50. The second-order valence-electron chi connectivity index (χ2n) is 7.27. The first-order chi connectivity index (χ1) is 11.7. The van der Waals surface area contributed by atoms with Crippen LogP contribution >= 0.6 is 0 Å². The van der Waals surface area contributed by atoms with Crippen LogP contribution in [0.3, 0.4) is 0 Å². The Hall–Kier alpha value is -2.60. The smallest absolute Gasteiger partial charge is 0.232 e. The molecule has 6 rings (SSSR count). The number of nitrogens with zero attached hydrogens (tertiary/aromatic N) is 3. The number of hydrogen-bond acceptors (Lipinski definition) is 1. The minimum absolute atomic E-state index is 0.703. The van der Waals surface area contributed by atoms with E-state index in [-0.39, 0.29) is 0 Å². The van der Waals surface area contributed by atoms with Crippen LogP contribution in [0.5, 0.6) is 0 Å². The third-order valence-corrected chi connectivity index (χ3v) is 5.99. The SMILES string of the molecule is C[n+]1cn(-c2ccc(C#N)cc2)c2cc3c(cc21)C1CCC3CC1. The molecular formula is C21H20N3+. The number of rotatable bonds is 1. The molecule has 1 heterocycles. The summed E-state index contributed by atoms with van der Waals surface area (Å²) in [6.45, 7) is 0. The normalized spacial score (nSPS) is 21.7. The van der Waals surface area contributed by atoms with Crippen LogP contribution in [-0.4, -0.2) is 4.57 Å². The Balaban J connectivity index is 1.73. The Bertz CT molecular complexity index is 981. The van der Waals surface area contributed by atoms with Gasteiger partial charge in [-0.2, -0.15) is 9.83 Å². The monoisotopic (exact) mass is 314 g/mol. The summed E-state index contributed by atoms with van der Waals surface area (Å²) < 4.78 is 4.47. The van der Waals surface area contributed by atoms with Crippen LogP contribution in [0.4, 0.5) is 0 Å². The Morgan fingerprint density at radius 2 is 1.62 bits per heavy atom. The lowest BCUT2D eigenvalue weighted by atomic mass is 9.67. The summed E-state index contributed by atoms with van der Waals surface area (Å²) in [4.78, 5) is 0. The van der Waals surface area contributed by atoms with Crippen LogP contribution in [-0.2, 0) is 7.05 Å². The molecule has 3 nitrogen and oxygen atoms in total. The molecule has 0 unspecified atom stereocenters. The number of nitriles is 1. The summed E-state index contributed by atoms with van der Waals surface area (Å²) >= 11 is 0. The molecule has 3 aromatic rings. The fourth-order valence-corrected chi connectivity index (χ4v) is 4.71. The summed E-state index contributed by atoms with van der Waals surface area (Å²) in [5, 5.41) is 9.01. The third kappa shape index (κ3) is 1.86. The molecule has 1 fully saturated rings. The number of hydrogen-bond donors (Lipinski definition) is 0. The summed E-state index contributed by atoms with van der Waals surface area (Å²) in [6, 6.07) is 14.9. The molecule has 1 aromatic heterocycles. The molecule has 0 spiro atoms. The van der Waals surface area contributed by atoms with Gasteiger partial charge in [-0.25, -0.2) is 4.57 Å². The minimum Gasteiger partial charge on any atom is -0.232 e. The first-order valence-corrected chi connectivity index (χ1v) is 8.79. The van der Waals surface area contributed by atoms with Crippen molar-refractivity contribution in [1.29, 1.82) is 5.26 Å². The van der Waals surface area contributed by atoms with Gasteiger partial charge in [0.15, 0.2) is 11.0 Å². The van der Waals surface area contributed by atoms with E-state index in [1.54, 1.807) is 11.1 Å². The van der Waals surface area contributed by atoms with Gasteiger partial charge in [0.05, 0.1) is 18.7 Å². The van der Waals surface area contributed by atoms with Gasteiger partial charge in [0.1, 0.15) is 5.69 Å². The standard InChI is InChI=1S/C21H20N3/c1-23-13-24(17-8-2-14(12-22)3-9-17)21-11-19-16-6-4-15(5-7-16)18(19)10-20(21)23/h2-3,8-11,13,15-16H,4-7H2,1H3/q+1. The predicted molar refractivity (Wildman–Crippen MR) is 93.1 cm³/mol. The lowest BCUT2D eigenvalue weighted by Crippen LogP contribution is -2.27. The van der Waals surface area contributed by atoms with Gasteiger partial charge in [0.2, 0.25) is 6.33 Å². The molecule has 2 aromatic carbocycles. The van der Waals surface area contributed by atoms with Crippen LogP contribution in [0.25, 0.3) is 16.7 Å². The maximum Gasteiger partial charge on any atom is 0.249 e. The van der Waals surface area contributed by atoms with Gasteiger partial charge in [-0.05, 0) is 85.0 Å². The van der Waals surface area contributed by atoms with Gasteiger partial charge < -0.3 is 0 Å². The van der Waals surface area contributed by atoms with Crippen LogP contribution < -0.4 is 4.57 Å². The van der Waals surface area contributed by atoms with E-state index in [4.69, 9.17) is 5.26 Å². The van der Waals surface area contributed by atoms with E-state index in [2.05, 4.69) is 40.7 Å². The van der Waals surface area contributed by atoms with Crippen molar-refractivity contribution < 1.29 is 4.57 Å². The third-order valence-electron chi connectivity index (χ3n) is 5.99. The summed E-state index contributed by atoms with van der Waals surface area (Å²) in [6.07, 6.45) is 7.59. The summed E-state index contributed by atoms with van der Waals surface area (Å²) in [7, 11) is 2.12. The molecule has 0 amide bonds. The number of aryl methyl sites for hydroxylation is 1. The maximum absolute atomic E-state index is 9.01. The molecule has 2 bridgehead atoms. The number of benzene rings is 2. The zero-order chi connectivity index (χ0) is 16.3. The zero-order valence-corrected chi connectivity index (χ0v) is 13.9. The van der Waals surface area contributed by atoms with Crippen LogP contribution in [0.2, 0.25) is 0 Å². The van der Waals surface area contributed by atoms with Crippen molar-refractivity contribution in [3.8, 4) is 11.8 Å². The number of aromatic nitrogens is 2. The maximum atomic E-state index is 9.01. The average molecular weight is 314 g/mol. The highest BCUT2D eigenvalue weighted by atomic mass is 15.1. The Kier molecular flexibility index (Phi) is 2.84. The Labute approximate surface area is 141 Å². The quantitative estimate of drug-likeness (QED) is 0.623. The average Bonchev–Trinajstić information content (AvgIpc) is 2.97. The second kappa shape index (κ2) is 4.95. The molecule has 0 atom stereocenters. The molecule has 0 saturated heterocycles. The molecule has 3 aliphatic carbocycles. The Morgan fingerprint density at radius 1 is 1.00 bits per heavy atom. The van der Waals surface area contributed by atoms with Crippen molar-refractivity contribution in [2.24, 2.45) is 7.05 Å². The minimum atomic E-state index is 0.703. The number of imidazole rings is 1. The molecule has 0 radical (unpaired) electrons. The summed E-state index contributed by atoms with van der Waals surface area (Å²) in [5.41, 5.74) is 7.56.